The van der Waals surface area contributed by atoms with E-state index in [1.807, 2.05) is 11.0 Å². The van der Waals surface area contributed by atoms with E-state index in [1.165, 1.54) is 0 Å². The Kier molecular flexibility index (Phi) is 6.60. The highest BCUT2D eigenvalue weighted by Crippen LogP contribution is 2.23. The minimum Gasteiger partial charge on any atom is -0.395 e. The highest BCUT2D eigenvalue weighted by atomic mass is 35.5. The number of methoxy groups -OCH3 is 1. The van der Waals surface area contributed by atoms with Crippen LogP contribution in [0.4, 0.5) is 0 Å². The van der Waals surface area contributed by atoms with E-state index in [4.69, 9.17) is 32.5 Å². The van der Waals surface area contributed by atoms with Crippen LogP contribution >= 0.6 is 23.2 Å². The van der Waals surface area contributed by atoms with Crippen LogP contribution in [0, 0.1) is 0 Å². The molecule has 1 heterocycles. The van der Waals surface area contributed by atoms with E-state index in [9.17, 15) is 5.11 Å². The van der Waals surface area contributed by atoms with Gasteiger partial charge in [-0.15, -0.1) is 0 Å². The lowest BCUT2D eigenvalue weighted by Crippen LogP contribution is -2.26. The number of hydrogen-bond donors (Lipinski definition) is 1. The maximum atomic E-state index is 9.21. The molecule has 0 aliphatic carbocycles. The zero-order valence-electron chi connectivity index (χ0n) is 12.1. The van der Waals surface area contributed by atoms with E-state index in [0.717, 1.165) is 5.56 Å². The summed E-state index contributed by atoms with van der Waals surface area (Å²) in [5.41, 5.74) is 0.986. The van der Waals surface area contributed by atoms with E-state index < -0.39 is 0 Å². The minimum atomic E-state index is 0.0282. The van der Waals surface area contributed by atoms with Crippen LogP contribution in [0.1, 0.15) is 17.3 Å². The van der Waals surface area contributed by atoms with Crippen molar-refractivity contribution < 1.29 is 14.4 Å². The Morgan fingerprint density at radius 2 is 2.09 bits per heavy atom. The van der Waals surface area contributed by atoms with E-state index >= 15 is 0 Å². The average molecular weight is 346 g/mol. The molecule has 0 radical (unpaired) electrons. The zero-order valence-corrected chi connectivity index (χ0v) is 13.6. The summed E-state index contributed by atoms with van der Waals surface area (Å²) in [4.78, 5) is 6.20. The molecule has 0 aliphatic rings. The molecule has 0 aliphatic heterocycles. The molecule has 0 saturated carbocycles. The number of hydrogen-bond acceptors (Lipinski definition) is 6. The monoisotopic (exact) mass is 345 g/mol. The van der Waals surface area contributed by atoms with Crippen LogP contribution < -0.4 is 0 Å². The number of ether oxygens (including phenoxy) is 1. The third-order valence-corrected chi connectivity index (χ3v) is 3.69. The first-order valence-electron chi connectivity index (χ1n) is 6.70. The number of aliphatic hydroxyl groups is 1. The van der Waals surface area contributed by atoms with Gasteiger partial charge in [0.1, 0.15) is 6.61 Å². The van der Waals surface area contributed by atoms with Crippen LogP contribution in [0.2, 0.25) is 10.0 Å². The number of aromatic nitrogens is 2. The topological polar surface area (TPSA) is 71.6 Å². The molecule has 2 rings (SSSR count). The van der Waals surface area contributed by atoms with Gasteiger partial charge in [-0.2, -0.15) is 4.98 Å². The van der Waals surface area contributed by atoms with Gasteiger partial charge in [0.2, 0.25) is 5.89 Å². The van der Waals surface area contributed by atoms with Crippen molar-refractivity contribution in [1.29, 1.82) is 0 Å². The molecule has 0 atom stereocenters. The van der Waals surface area contributed by atoms with Crippen molar-refractivity contribution in [2.24, 2.45) is 0 Å². The first kappa shape index (κ1) is 17.2. The van der Waals surface area contributed by atoms with Gasteiger partial charge in [-0.05, 0) is 17.7 Å². The van der Waals surface area contributed by atoms with Crippen LogP contribution in [-0.2, 0) is 24.4 Å². The second kappa shape index (κ2) is 8.45. The van der Waals surface area contributed by atoms with Gasteiger partial charge in [-0.25, -0.2) is 0 Å². The Hall–Kier alpha value is -1.18. The van der Waals surface area contributed by atoms with Gasteiger partial charge < -0.3 is 14.4 Å². The summed E-state index contributed by atoms with van der Waals surface area (Å²) in [7, 11) is 1.57. The highest BCUT2D eigenvalue weighted by molar-refractivity contribution is 6.42. The van der Waals surface area contributed by atoms with Crippen molar-refractivity contribution in [1.82, 2.24) is 15.0 Å². The summed E-state index contributed by atoms with van der Waals surface area (Å²) in [6.45, 7) is 1.82. The van der Waals surface area contributed by atoms with Crippen LogP contribution in [0.3, 0.4) is 0 Å². The van der Waals surface area contributed by atoms with Crippen LogP contribution in [0.5, 0.6) is 0 Å². The smallest absolute Gasteiger partial charge is 0.240 e. The van der Waals surface area contributed by atoms with Gasteiger partial charge in [0.05, 0.1) is 23.2 Å². The minimum absolute atomic E-state index is 0.0282. The lowest BCUT2D eigenvalue weighted by atomic mass is 10.2. The number of rotatable bonds is 8. The number of aliphatic hydroxyl groups excluding tert-OH is 1. The van der Waals surface area contributed by atoms with Gasteiger partial charge in [0.25, 0.3) is 0 Å². The molecule has 120 valence electrons. The zero-order chi connectivity index (χ0) is 15.9. The van der Waals surface area contributed by atoms with Crippen molar-refractivity contribution in [3.05, 3.63) is 45.5 Å². The summed E-state index contributed by atoms with van der Waals surface area (Å²) < 4.78 is 10.1. The quantitative estimate of drug-likeness (QED) is 0.792. The number of benzene rings is 1. The lowest BCUT2D eigenvalue weighted by molar-refractivity contribution is 0.166. The molecule has 0 bridgehead atoms. The molecule has 0 fully saturated rings. The third-order valence-electron chi connectivity index (χ3n) is 2.95. The molecule has 1 aromatic carbocycles. The summed E-state index contributed by atoms with van der Waals surface area (Å²) in [5.74, 6) is 0.969. The van der Waals surface area contributed by atoms with Gasteiger partial charge in [-0.3, -0.25) is 4.90 Å². The SMILES string of the molecule is COCc1noc(CN(CCO)Cc2ccc(Cl)c(Cl)c2)n1. The summed E-state index contributed by atoms with van der Waals surface area (Å²) in [6.07, 6.45) is 0. The maximum Gasteiger partial charge on any atom is 0.240 e. The van der Waals surface area contributed by atoms with Crippen molar-refractivity contribution >= 4 is 23.2 Å². The van der Waals surface area contributed by atoms with Crippen LogP contribution in [0.15, 0.2) is 22.7 Å². The Bertz CT molecular complexity index is 607. The maximum absolute atomic E-state index is 9.21. The first-order valence-corrected chi connectivity index (χ1v) is 7.45. The molecule has 1 N–H and O–H groups in total. The number of halogens is 2. The van der Waals surface area contributed by atoms with Crippen LogP contribution in [0.25, 0.3) is 0 Å². The van der Waals surface area contributed by atoms with Gasteiger partial charge in [0.15, 0.2) is 5.82 Å². The fraction of sp³-hybridized carbons (Fsp3) is 0.429. The fourth-order valence-electron chi connectivity index (χ4n) is 1.99. The van der Waals surface area contributed by atoms with Crippen molar-refractivity contribution in [2.45, 2.75) is 19.7 Å². The van der Waals surface area contributed by atoms with Crippen LogP contribution in [-0.4, -0.2) is 40.4 Å². The van der Waals surface area contributed by atoms with Gasteiger partial charge >= 0.3 is 0 Å². The van der Waals surface area contributed by atoms with Crippen molar-refractivity contribution in [3.63, 3.8) is 0 Å². The second-order valence-electron chi connectivity index (χ2n) is 4.72. The Morgan fingerprint density at radius 3 is 2.77 bits per heavy atom. The lowest BCUT2D eigenvalue weighted by Gasteiger charge is -2.19. The van der Waals surface area contributed by atoms with Gasteiger partial charge in [0, 0.05) is 20.2 Å². The third kappa shape index (κ3) is 4.93. The Labute approximate surface area is 138 Å². The Balaban J connectivity index is 2.03. The largest absolute Gasteiger partial charge is 0.395 e. The molecule has 0 spiro atoms. The number of nitrogens with zero attached hydrogens (tertiary/aromatic N) is 3. The van der Waals surface area contributed by atoms with Crippen molar-refractivity contribution in [2.75, 3.05) is 20.3 Å². The Morgan fingerprint density at radius 1 is 1.27 bits per heavy atom. The summed E-state index contributed by atoms with van der Waals surface area (Å²) >= 11 is 11.9. The standard InChI is InChI=1S/C14H17Cl2N3O3/c1-21-9-13-17-14(22-18-13)8-19(4-5-20)7-10-2-3-11(15)12(16)6-10/h2-3,6,20H,4-5,7-9H2,1H3. The molecule has 0 saturated heterocycles. The first-order chi connectivity index (χ1) is 10.6. The van der Waals surface area contributed by atoms with E-state index in [2.05, 4.69) is 10.1 Å². The van der Waals surface area contributed by atoms with E-state index in [0.29, 0.717) is 48.0 Å². The van der Waals surface area contributed by atoms with E-state index in [1.54, 1.807) is 19.2 Å². The summed E-state index contributed by atoms with van der Waals surface area (Å²) in [5, 5.41) is 14.0. The molecule has 8 heteroatoms. The fourth-order valence-corrected chi connectivity index (χ4v) is 2.31. The molecule has 6 nitrogen and oxygen atoms in total. The highest BCUT2D eigenvalue weighted by Gasteiger charge is 2.13. The molecule has 1 aromatic heterocycles. The normalized spacial score (nSPS) is 11.3. The average Bonchev–Trinajstić information content (AvgIpc) is 2.91. The molecular weight excluding hydrogens is 329 g/mol. The molecule has 0 amide bonds. The second-order valence-corrected chi connectivity index (χ2v) is 5.53. The summed E-state index contributed by atoms with van der Waals surface area (Å²) in [6, 6.07) is 5.45. The molecule has 2 aromatic rings. The predicted octanol–water partition coefficient (Wildman–Crippen LogP) is 2.52. The van der Waals surface area contributed by atoms with Crippen molar-refractivity contribution in [3.8, 4) is 0 Å². The van der Waals surface area contributed by atoms with Gasteiger partial charge in [-0.1, -0.05) is 34.4 Å². The van der Waals surface area contributed by atoms with E-state index in [-0.39, 0.29) is 6.61 Å². The molecule has 22 heavy (non-hydrogen) atoms. The molecular formula is C14H17Cl2N3O3. The predicted molar refractivity (Wildman–Crippen MR) is 82.7 cm³/mol. The molecule has 0 unspecified atom stereocenters.